The molecule has 0 aliphatic rings. The number of nitrogens with one attached hydrogen (secondary N) is 1. The van der Waals surface area contributed by atoms with Gasteiger partial charge in [-0.25, -0.2) is 0 Å². The Hall–Kier alpha value is -2.08. The maximum absolute atomic E-state index is 11.9. The van der Waals surface area contributed by atoms with E-state index >= 15 is 0 Å². The van der Waals surface area contributed by atoms with Crippen LogP contribution in [0.15, 0.2) is 48.5 Å². The van der Waals surface area contributed by atoms with Crippen molar-refractivity contribution in [2.75, 3.05) is 13.2 Å². The molecule has 0 aliphatic carbocycles. The van der Waals surface area contributed by atoms with E-state index in [0.717, 1.165) is 25.7 Å². The zero-order chi connectivity index (χ0) is 22.5. The molecule has 32 heavy (non-hydrogen) atoms. The molecule has 2 rings (SSSR count). The van der Waals surface area contributed by atoms with Crippen molar-refractivity contribution in [3.8, 4) is 5.75 Å². The molecule has 6 heteroatoms. The first-order valence-electron chi connectivity index (χ1n) is 11.5. The number of hydrogen-bond acceptors (Lipinski definition) is 4. The summed E-state index contributed by atoms with van der Waals surface area (Å²) in [6, 6.07) is 15.8. The van der Waals surface area contributed by atoms with E-state index in [2.05, 4.69) is 31.3 Å². The standard InChI is InChI=1S/C26H38N2O3.ClH/c1-3-4-5-6-10-17-31-25-16-15-22(18-23(25)26(27)30)24(29)19-28-20(2)13-14-21-11-8-7-9-12-21;/h7-9,11-12,15-16,18,20,24,28-29H,3-6,10,13-14,17,19H2,1-2H3,(H2,27,30);1H. The molecule has 0 bridgehead atoms. The van der Waals surface area contributed by atoms with Crippen molar-refractivity contribution >= 4 is 18.3 Å². The van der Waals surface area contributed by atoms with Gasteiger partial charge >= 0.3 is 0 Å². The Morgan fingerprint density at radius 3 is 2.50 bits per heavy atom. The van der Waals surface area contributed by atoms with Gasteiger partial charge in [-0.05, 0) is 49.4 Å². The molecule has 2 atom stereocenters. The minimum absolute atomic E-state index is 0. The summed E-state index contributed by atoms with van der Waals surface area (Å²) in [6.07, 6.45) is 6.95. The summed E-state index contributed by atoms with van der Waals surface area (Å²) < 4.78 is 5.79. The van der Waals surface area contributed by atoms with Crippen molar-refractivity contribution in [1.29, 1.82) is 0 Å². The van der Waals surface area contributed by atoms with Gasteiger partial charge in [-0.15, -0.1) is 12.4 Å². The summed E-state index contributed by atoms with van der Waals surface area (Å²) in [6.45, 7) is 5.27. The van der Waals surface area contributed by atoms with Crippen LogP contribution in [0.4, 0.5) is 0 Å². The Morgan fingerprint density at radius 2 is 1.81 bits per heavy atom. The fourth-order valence-electron chi connectivity index (χ4n) is 3.52. The molecule has 0 saturated heterocycles. The number of rotatable bonds is 15. The third kappa shape index (κ3) is 10.0. The molecule has 0 heterocycles. The van der Waals surface area contributed by atoms with E-state index in [1.807, 2.05) is 18.2 Å². The fraction of sp³-hybridized carbons (Fsp3) is 0.500. The topological polar surface area (TPSA) is 84.6 Å². The lowest BCUT2D eigenvalue weighted by Gasteiger charge is -2.19. The predicted molar refractivity (Wildman–Crippen MR) is 134 cm³/mol. The highest BCUT2D eigenvalue weighted by Crippen LogP contribution is 2.24. The Bertz CT molecular complexity index is 786. The number of aliphatic hydroxyl groups is 1. The van der Waals surface area contributed by atoms with Crippen LogP contribution in [-0.2, 0) is 6.42 Å². The number of benzene rings is 2. The van der Waals surface area contributed by atoms with E-state index in [1.165, 1.54) is 24.8 Å². The van der Waals surface area contributed by atoms with E-state index in [4.69, 9.17) is 10.5 Å². The van der Waals surface area contributed by atoms with Crippen LogP contribution in [0.2, 0.25) is 0 Å². The molecule has 0 radical (unpaired) electrons. The van der Waals surface area contributed by atoms with Gasteiger partial charge in [-0.1, -0.05) is 69.0 Å². The van der Waals surface area contributed by atoms with Gasteiger partial charge in [-0.3, -0.25) is 4.79 Å². The number of amides is 1. The van der Waals surface area contributed by atoms with Crippen molar-refractivity contribution in [1.82, 2.24) is 5.32 Å². The van der Waals surface area contributed by atoms with Crippen LogP contribution in [0.1, 0.15) is 80.0 Å². The SMILES string of the molecule is CCCCCCCOc1ccc(C(O)CNC(C)CCc2ccccc2)cc1C(N)=O.Cl. The van der Waals surface area contributed by atoms with Crippen molar-refractivity contribution < 1.29 is 14.6 Å². The highest BCUT2D eigenvalue weighted by atomic mass is 35.5. The number of carbonyl (C=O) groups is 1. The van der Waals surface area contributed by atoms with Gasteiger partial charge in [0.05, 0.1) is 18.3 Å². The lowest BCUT2D eigenvalue weighted by molar-refractivity contribution is 0.0995. The molecular weight excluding hydrogens is 424 g/mol. The normalized spacial score (nSPS) is 12.6. The first kappa shape index (κ1) is 28.0. The molecular formula is C26H39ClN2O3. The van der Waals surface area contributed by atoms with Crippen LogP contribution in [0.3, 0.4) is 0 Å². The van der Waals surface area contributed by atoms with Crippen LogP contribution in [0.25, 0.3) is 0 Å². The zero-order valence-corrected chi connectivity index (χ0v) is 20.2. The lowest BCUT2D eigenvalue weighted by atomic mass is 10.0. The van der Waals surface area contributed by atoms with Crippen LogP contribution in [-0.4, -0.2) is 30.2 Å². The number of unbranched alkanes of at least 4 members (excludes halogenated alkanes) is 4. The summed E-state index contributed by atoms with van der Waals surface area (Å²) in [5.41, 5.74) is 7.84. The summed E-state index contributed by atoms with van der Waals surface area (Å²) >= 11 is 0. The van der Waals surface area contributed by atoms with Crippen LogP contribution in [0.5, 0.6) is 5.75 Å². The third-order valence-corrected chi connectivity index (χ3v) is 5.53. The predicted octanol–water partition coefficient (Wildman–Crippen LogP) is 5.20. The second-order valence-electron chi connectivity index (χ2n) is 8.23. The zero-order valence-electron chi connectivity index (χ0n) is 19.4. The number of primary amides is 1. The maximum atomic E-state index is 11.9. The molecule has 0 aromatic heterocycles. The Morgan fingerprint density at radius 1 is 1.09 bits per heavy atom. The van der Waals surface area contributed by atoms with Crippen molar-refractivity contribution in [2.45, 2.75) is 70.9 Å². The highest BCUT2D eigenvalue weighted by Gasteiger charge is 2.15. The van der Waals surface area contributed by atoms with E-state index in [1.54, 1.807) is 18.2 Å². The molecule has 5 nitrogen and oxygen atoms in total. The van der Waals surface area contributed by atoms with Crippen molar-refractivity contribution in [2.24, 2.45) is 5.73 Å². The monoisotopic (exact) mass is 462 g/mol. The van der Waals surface area contributed by atoms with Gasteiger partial charge in [0.15, 0.2) is 0 Å². The number of aliphatic hydroxyl groups excluding tert-OH is 1. The minimum atomic E-state index is -0.722. The molecule has 0 aliphatic heterocycles. The van der Waals surface area contributed by atoms with Gasteiger partial charge in [0.2, 0.25) is 0 Å². The number of carbonyl (C=O) groups excluding carboxylic acids is 1. The molecule has 0 saturated carbocycles. The van der Waals surface area contributed by atoms with Crippen molar-refractivity contribution in [3.05, 3.63) is 65.2 Å². The van der Waals surface area contributed by atoms with Gasteiger partial charge in [0, 0.05) is 12.6 Å². The largest absolute Gasteiger partial charge is 0.493 e. The quantitative estimate of drug-likeness (QED) is 0.317. The second-order valence-corrected chi connectivity index (χ2v) is 8.23. The van der Waals surface area contributed by atoms with Gasteiger partial charge in [0.25, 0.3) is 5.91 Å². The molecule has 1 amide bonds. The highest BCUT2D eigenvalue weighted by molar-refractivity contribution is 5.95. The van der Waals surface area contributed by atoms with Gasteiger partial charge < -0.3 is 20.9 Å². The minimum Gasteiger partial charge on any atom is -0.493 e. The first-order valence-corrected chi connectivity index (χ1v) is 11.5. The Labute approximate surface area is 199 Å². The number of nitrogens with two attached hydrogens (primary N) is 1. The number of ether oxygens (including phenoxy) is 1. The summed E-state index contributed by atoms with van der Waals surface area (Å²) in [7, 11) is 0. The van der Waals surface area contributed by atoms with Crippen LogP contribution in [0, 0.1) is 0 Å². The van der Waals surface area contributed by atoms with E-state index in [-0.39, 0.29) is 18.4 Å². The molecule has 0 spiro atoms. The number of hydrogen-bond donors (Lipinski definition) is 3. The van der Waals surface area contributed by atoms with Crippen LogP contribution < -0.4 is 15.8 Å². The van der Waals surface area contributed by atoms with E-state index in [9.17, 15) is 9.90 Å². The summed E-state index contributed by atoms with van der Waals surface area (Å²) in [5, 5.41) is 14.0. The fourth-order valence-corrected chi connectivity index (χ4v) is 3.52. The molecule has 2 unspecified atom stereocenters. The number of aryl methyl sites for hydroxylation is 1. The average Bonchev–Trinajstić information content (AvgIpc) is 2.79. The van der Waals surface area contributed by atoms with Crippen molar-refractivity contribution in [3.63, 3.8) is 0 Å². The van der Waals surface area contributed by atoms with E-state index in [0.29, 0.717) is 30.0 Å². The summed E-state index contributed by atoms with van der Waals surface area (Å²) in [5.74, 6) is -0.0534. The second kappa shape index (κ2) is 15.7. The molecule has 4 N–H and O–H groups in total. The lowest BCUT2D eigenvalue weighted by Crippen LogP contribution is -2.31. The Kier molecular flexibility index (Phi) is 13.7. The molecule has 178 valence electrons. The van der Waals surface area contributed by atoms with Gasteiger partial charge in [0.1, 0.15) is 5.75 Å². The van der Waals surface area contributed by atoms with Crippen LogP contribution >= 0.6 is 12.4 Å². The average molecular weight is 463 g/mol. The first-order chi connectivity index (χ1) is 15.0. The van der Waals surface area contributed by atoms with Gasteiger partial charge in [-0.2, -0.15) is 0 Å². The van der Waals surface area contributed by atoms with E-state index < -0.39 is 12.0 Å². The maximum Gasteiger partial charge on any atom is 0.252 e. The molecule has 0 fully saturated rings. The number of halogens is 1. The molecule has 2 aromatic carbocycles. The third-order valence-electron chi connectivity index (χ3n) is 5.53. The Balaban J connectivity index is 0.00000512. The molecule has 2 aromatic rings. The summed E-state index contributed by atoms with van der Waals surface area (Å²) in [4.78, 5) is 11.9. The smallest absolute Gasteiger partial charge is 0.252 e.